The molecule has 1 heterocycles. The molecule has 16 heteroatoms. The molecule has 0 aliphatic heterocycles. The maximum atomic E-state index is 11.6. The van der Waals surface area contributed by atoms with E-state index >= 15 is 0 Å². The molecule has 3 amide bonds. The third kappa shape index (κ3) is 9.48. The summed E-state index contributed by atoms with van der Waals surface area (Å²) in [6, 6.07) is 2.01. The summed E-state index contributed by atoms with van der Waals surface area (Å²) < 4.78 is 20.3. The van der Waals surface area contributed by atoms with Gasteiger partial charge in [-0.05, 0) is 23.3 Å². The van der Waals surface area contributed by atoms with E-state index in [4.69, 9.17) is 19.9 Å². The molecular weight excluding hydrogens is 470 g/mol. The first kappa shape index (κ1) is 27.4. The lowest BCUT2D eigenvalue weighted by Gasteiger charge is -2.10. The number of ether oxygens (including phenoxy) is 3. The SMILES string of the molecule is CC(NC(=O)COCC(=O)NCCOCCOCCNc1ccc([N+](=O)[O-])c2nonc12)C(N)=O. The maximum absolute atomic E-state index is 11.6. The fraction of sp³-hybridized carbons (Fsp3) is 0.526. The Bertz CT molecular complexity index is 1010. The number of hydrogen-bond donors (Lipinski definition) is 4. The van der Waals surface area contributed by atoms with Gasteiger partial charge in [0.1, 0.15) is 19.3 Å². The number of nitro groups is 1. The van der Waals surface area contributed by atoms with Crippen LogP contribution in [0.1, 0.15) is 6.92 Å². The molecule has 1 aromatic heterocycles. The Labute approximate surface area is 198 Å². The van der Waals surface area contributed by atoms with Crippen LogP contribution in [0.5, 0.6) is 0 Å². The molecule has 16 nitrogen and oxygen atoms in total. The number of aromatic nitrogens is 2. The van der Waals surface area contributed by atoms with Crippen LogP contribution in [0, 0.1) is 10.1 Å². The molecule has 0 bridgehead atoms. The lowest BCUT2D eigenvalue weighted by atomic mass is 10.2. The highest BCUT2D eigenvalue weighted by Crippen LogP contribution is 2.28. The van der Waals surface area contributed by atoms with Gasteiger partial charge in [0.15, 0.2) is 5.52 Å². The normalized spacial score (nSPS) is 11.7. The van der Waals surface area contributed by atoms with Gasteiger partial charge in [-0.25, -0.2) is 4.63 Å². The third-order valence-electron chi connectivity index (χ3n) is 4.36. The van der Waals surface area contributed by atoms with Gasteiger partial charge in [-0.15, -0.1) is 0 Å². The Hall–Kier alpha value is -3.89. The van der Waals surface area contributed by atoms with Gasteiger partial charge in [-0.2, -0.15) is 0 Å². The minimum absolute atomic E-state index is 0.0632. The number of nitrogens with one attached hydrogen (secondary N) is 3. The standard InChI is InChI=1S/C19H27N7O9/c1-12(19(20)29)23-16(28)11-34-10-15(27)22-5-7-33-9-8-32-6-4-21-13-2-3-14(26(30)31)18-17(13)24-35-25-18/h2-3,12,21H,4-11H2,1H3,(H2,20,29)(H,22,27)(H,23,28). The van der Waals surface area contributed by atoms with Crippen molar-refractivity contribution in [2.24, 2.45) is 5.73 Å². The van der Waals surface area contributed by atoms with E-state index in [0.29, 0.717) is 32.1 Å². The molecule has 1 atom stereocenters. The van der Waals surface area contributed by atoms with Crippen LogP contribution in [0.2, 0.25) is 0 Å². The number of fused-ring (bicyclic) bond motifs is 1. The summed E-state index contributed by atoms with van der Waals surface area (Å²) in [6.07, 6.45) is 0. The van der Waals surface area contributed by atoms with Crippen molar-refractivity contribution in [2.45, 2.75) is 13.0 Å². The molecule has 0 aliphatic carbocycles. The molecule has 5 N–H and O–H groups in total. The van der Waals surface area contributed by atoms with E-state index in [2.05, 4.69) is 30.9 Å². The van der Waals surface area contributed by atoms with Crippen molar-refractivity contribution in [1.29, 1.82) is 0 Å². The number of non-ortho nitro benzene ring substituents is 1. The quantitative estimate of drug-likeness (QED) is 0.114. The zero-order chi connectivity index (χ0) is 25.6. The lowest BCUT2D eigenvalue weighted by Crippen LogP contribution is -2.44. The van der Waals surface area contributed by atoms with E-state index in [9.17, 15) is 24.5 Å². The zero-order valence-electron chi connectivity index (χ0n) is 19.0. The molecule has 192 valence electrons. The Kier molecular flexibility index (Phi) is 11.2. The van der Waals surface area contributed by atoms with E-state index in [-0.39, 0.29) is 43.1 Å². The molecule has 0 spiro atoms. The van der Waals surface area contributed by atoms with Crippen molar-refractivity contribution in [1.82, 2.24) is 20.9 Å². The van der Waals surface area contributed by atoms with Crippen molar-refractivity contribution in [2.75, 3.05) is 58.0 Å². The van der Waals surface area contributed by atoms with E-state index < -0.39 is 28.7 Å². The molecule has 0 saturated carbocycles. The number of benzene rings is 1. The van der Waals surface area contributed by atoms with Gasteiger partial charge < -0.3 is 35.9 Å². The number of nitro benzene ring substituents is 1. The van der Waals surface area contributed by atoms with E-state index in [1.54, 1.807) is 0 Å². The van der Waals surface area contributed by atoms with Crippen LogP contribution in [-0.4, -0.2) is 91.7 Å². The van der Waals surface area contributed by atoms with Crippen LogP contribution in [-0.2, 0) is 28.6 Å². The van der Waals surface area contributed by atoms with Crippen molar-refractivity contribution in [3.05, 3.63) is 22.2 Å². The van der Waals surface area contributed by atoms with Gasteiger partial charge in [0.05, 0.1) is 37.0 Å². The minimum Gasteiger partial charge on any atom is -0.381 e. The Morgan fingerprint density at radius 2 is 1.69 bits per heavy atom. The second-order valence-corrected chi connectivity index (χ2v) is 7.04. The topological polar surface area (TPSA) is 223 Å². The van der Waals surface area contributed by atoms with Gasteiger partial charge in [0, 0.05) is 19.2 Å². The molecule has 0 radical (unpaired) electrons. The summed E-state index contributed by atoms with van der Waals surface area (Å²) in [5.74, 6) is -1.65. The summed E-state index contributed by atoms with van der Waals surface area (Å²) in [4.78, 5) is 44.4. The lowest BCUT2D eigenvalue weighted by molar-refractivity contribution is -0.383. The number of amides is 3. The zero-order valence-corrected chi connectivity index (χ0v) is 19.0. The van der Waals surface area contributed by atoms with Gasteiger partial charge in [-0.1, -0.05) is 0 Å². The number of hydrogen-bond acceptors (Lipinski definition) is 12. The van der Waals surface area contributed by atoms with Crippen molar-refractivity contribution >= 4 is 40.1 Å². The first-order valence-corrected chi connectivity index (χ1v) is 10.5. The van der Waals surface area contributed by atoms with Crippen molar-refractivity contribution in [3.63, 3.8) is 0 Å². The van der Waals surface area contributed by atoms with Crippen LogP contribution in [0.15, 0.2) is 16.8 Å². The Balaban J connectivity index is 1.46. The van der Waals surface area contributed by atoms with Crippen LogP contribution in [0.4, 0.5) is 11.4 Å². The number of rotatable bonds is 17. The summed E-state index contributed by atoms with van der Waals surface area (Å²) >= 11 is 0. The van der Waals surface area contributed by atoms with Crippen molar-refractivity contribution < 1.29 is 38.1 Å². The molecule has 0 fully saturated rings. The molecular formula is C19H27N7O9. The van der Waals surface area contributed by atoms with Crippen LogP contribution >= 0.6 is 0 Å². The predicted molar refractivity (Wildman–Crippen MR) is 119 cm³/mol. The number of carbonyl (C=O) groups is 3. The highest BCUT2D eigenvalue weighted by atomic mass is 16.6. The van der Waals surface area contributed by atoms with Crippen LogP contribution < -0.4 is 21.7 Å². The predicted octanol–water partition coefficient (Wildman–Crippen LogP) is -1.30. The molecule has 1 aromatic carbocycles. The first-order chi connectivity index (χ1) is 16.8. The number of anilines is 1. The molecule has 0 saturated heterocycles. The second-order valence-electron chi connectivity index (χ2n) is 7.04. The summed E-state index contributed by atoms with van der Waals surface area (Å²) in [5, 5.41) is 26.2. The molecule has 2 rings (SSSR count). The number of carbonyl (C=O) groups excluding carboxylic acids is 3. The van der Waals surface area contributed by atoms with Crippen LogP contribution in [0.3, 0.4) is 0 Å². The summed E-state index contributed by atoms with van der Waals surface area (Å²) in [6.45, 7) is 2.62. The first-order valence-electron chi connectivity index (χ1n) is 10.5. The highest BCUT2D eigenvalue weighted by molar-refractivity contribution is 5.93. The molecule has 2 aromatic rings. The Morgan fingerprint density at radius 1 is 1.03 bits per heavy atom. The monoisotopic (exact) mass is 497 g/mol. The minimum atomic E-state index is -0.824. The van der Waals surface area contributed by atoms with Crippen molar-refractivity contribution in [3.8, 4) is 0 Å². The van der Waals surface area contributed by atoms with Gasteiger partial charge in [0.2, 0.25) is 23.2 Å². The third-order valence-corrected chi connectivity index (χ3v) is 4.36. The average molecular weight is 497 g/mol. The fourth-order valence-electron chi connectivity index (χ4n) is 2.63. The largest absolute Gasteiger partial charge is 0.381 e. The van der Waals surface area contributed by atoms with E-state index in [1.165, 1.54) is 19.1 Å². The average Bonchev–Trinajstić information content (AvgIpc) is 3.30. The number of primary amides is 1. The molecule has 35 heavy (non-hydrogen) atoms. The van der Waals surface area contributed by atoms with Gasteiger partial charge >= 0.3 is 5.69 Å². The summed E-state index contributed by atoms with van der Waals surface area (Å²) in [7, 11) is 0. The Morgan fingerprint density at radius 3 is 2.37 bits per heavy atom. The smallest absolute Gasteiger partial charge is 0.300 e. The fourth-order valence-corrected chi connectivity index (χ4v) is 2.63. The van der Waals surface area contributed by atoms with Gasteiger partial charge in [0.25, 0.3) is 0 Å². The maximum Gasteiger partial charge on any atom is 0.300 e. The second kappa shape index (κ2) is 14.4. The number of nitrogens with two attached hydrogens (primary N) is 1. The van der Waals surface area contributed by atoms with Crippen LogP contribution in [0.25, 0.3) is 11.0 Å². The summed E-state index contributed by atoms with van der Waals surface area (Å²) in [5.41, 5.74) is 5.69. The van der Waals surface area contributed by atoms with Gasteiger partial charge in [-0.3, -0.25) is 24.5 Å². The molecule has 0 aliphatic rings. The van der Waals surface area contributed by atoms with E-state index in [1.807, 2.05) is 0 Å². The van der Waals surface area contributed by atoms with E-state index in [0.717, 1.165) is 0 Å². The molecule has 1 unspecified atom stereocenters. The number of nitrogens with zero attached hydrogens (tertiary/aromatic N) is 3. The highest BCUT2D eigenvalue weighted by Gasteiger charge is 2.19.